The summed E-state index contributed by atoms with van der Waals surface area (Å²) in [7, 11) is -3.68. The van der Waals surface area contributed by atoms with Crippen molar-refractivity contribution in [1.29, 1.82) is 0 Å². The van der Waals surface area contributed by atoms with Gasteiger partial charge in [-0.1, -0.05) is 6.42 Å². The van der Waals surface area contributed by atoms with Gasteiger partial charge < -0.3 is 14.6 Å². The van der Waals surface area contributed by atoms with Gasteiger partial charge in [0.1, 0.15) is 16.4 Å². The van der Waals surface area contributed by atoms with Crippen molar-refractivity contribution in [3.8, 4) is 0 Å². The Morgan fingerprint density at radius 2 is 1.62 bits per heavy atom. The molecule has 2 aliphatic heterocycles. The summed E-state index contributed by atoms with van der Waals surface area (Å²) in [4.78, 5) is 15.4. The molecule has 1 atom stereocenters. The summed E-state index contributed by atoms with van der Waals surface area (Å²) in [5, 5.41) is 2.93. The largest absolute Gasteiger partial charge is 0.464 e. The zero-order valence-electron chi connectivity index (χ0n) is 19.0. The van der Waals surface area contributed by atoms with E-state index in [-0.39, 0.29) is 16.8 Å². The number of piperidine rings is 2. The molecule has 2 saturated heterocycles. The molecule has 1 aromatic heterocycles. The third kappa shape index (κ3) is 4.86. The minimum atomic E-state index is -3.68. The molecule has 8 heteroatoms. The van der Waals surface area contributed by atoms with Crippen LogP contribution in [0.3, 0.4) is 0 Å². The number of amides is 1. The van der Waals surface area contributed by atoms with Gasteiger partial charge in [0.2, 0.25) is 10.0 Å². The zero-order valence-corrected chi connectivity index (χ0v) is 19.8. The summed E-state index contributed by atoms with van der Waals surface area (Å²) in [6.45, 7) is 6.45. The Morgan fingerprint density at radius 3 is 2.25 bits per heavy atom. The van der Waals surface area contributed by atoms with Crippen molar-refractivity contribution in [2.75, 3.05) is 31.1 Å². The number of benzene rings is 1. The van der Waals surface area contributed by atoms with Crippen molar-refractivity contribution in [1.82, 2.24) is 9.62 Å². The third-order valence-corrected chi connectivity index (χ3v) is 8.31. The van der Waals surface area contributed by atoms with Gasteiger partial charge in [-0.05, 0) is 76.3 Å². The zero-order chi connectivity index (χ0) is 22.7. The van der Waals surface area contributed by atoms with Gasteiger partial charge in [0.15, 0.2) is 0 Å². The SMILES string of the molecule is Cc1ccc(C(C)NC(=O)c2ccc(N3CCCCC3)c(S(=O)(=O)N3CCCCC3)c2)o1. The van der Waals surface area contributed by atoms with E-state index < -0.39 is 10.0 Å². The minimum Gasteiger partial charge on any atom is -0.464 e. The number of furan rings is 1. The average Bonchev–Trinajstić information content (AvgIpc) is 3.26. The van der Waals surface area contributed by atoms with Crippen LogP contribution in [0, 0.1) is 6.92 Å². The molecule has 0 bridgehead atoms. The van der Waals surface area contributed by atoms with Gasteiger partial charge in [-0.2, -0.15) is 4.31 Å². The van der Waals surface area contributed by atoms with E-state index in [2.05, 4.69) is 10.2 Å². The van der Waals surface area contributed by atoms with Gasteiger partial charge in [0, 0.05) is 31.7 Å². The summed E-state index contributed by atoms with van der Waals surface area (Å²) < 4.78 is 34.4. The van der Waals surface area contributed by atoms with E-state index >= 15 is 0 Å². The lowest BCUT2D eigenvalue weighted by atomic mass is 10.1. The van der Waals surface area contributed by atoms with Crippen LogP contribution in [0.25, 0.3) is 0 Å². The smallest absolute Gasteiger partial charge is 0.251 e. The Morgan fingerprint density at radius 1 is 0.969 bits per heavy atom. The van der Waals surface area contributed by atoms with Crippen molar-refractivity contribution in [2.45, 2.75) is 63.3 Å². The molecule has 0 aliphatic carbocycles. The number of nitrogens with one attached hydrogen (secondary N) is 1. The van der Waals surface area contributed by atoms with Gasteiger partial charge >= 0.3 is 0 Å². The second-order valence-corrected chi connectivity index (χ2v) is 10.7. The first-order valence-corrected chi connectivity index (χ1v) is 13.1. The first-order chi connectivity index (χ1) is 15.4. The predicted octanol–water partition coefficient (Wildman–Crippen LogP) is 4.24. The van der Waals surface area contributed by atoms with E-state index in [4.69, 9.17) is 4.42 Å². The summed E-state index contributed by atoms with van der Waals surface area (Å²) in [5.74, 6) is 1.13. The van der Waals surface area contributed by atoms with Gasteiger partial charge in [0.05, 0.1) is 11.7 Å². The second kappa shape index (κ2) is 9.67. The fourth-order valence-electron chi connectivity index (χ4n) is 4.54. The first-order valence-electron chi connectivity index (χ1n) is 11.6. The lowest BCUT2D eigenvalue weighted by Crippen LogP contribution is -2.38. The van der Waals surface area contributed by atoms with Crippen LogP contribution in [0.15, 0.2) is 39.6 Å². The van der Waals surface area contributed by atoms with Crippen molar-refractivity contribution < 1.29 is 17.6 Å². The van der Waals surface area contributed by atoms with E-state index in [1.54, 1.807) is 22.5 Å². The summed E-state index contributed by atoms with van der Waals surface area (Å²) in [6.07, 6.45) is 6.06. The number of hydrogen-bond acceptors (Lipinski definition) is 5. The van der Waals surface area contributed by atoms with Crippen LogP contribution in [-0.2, 0) is 10.0 Å². The molecule has 1 aromatic carbocycles. The maximum Gasteiger partial charge on any atom is 0.251 e. The van der Waals surface area contributed by atoms with E-state index in [0.717, 1.165) is 57.4 Å². The maximum absolute atomic E-state index is 13.6. The van der Waals surface area contributed by atoms with Gasteiger partial charge in [-0.3, -0.25) is 4.79 Å². The molecular formula is C24H33N3O4S. The Balaban J connectivity index is 1.65. The van der Waals surface area contributed by atoms with Crippen molar-refractivity contribution >= 4 is 21.6 Å². The fourth-order valence-corrected chi connectivity index (χ4v) is 6.29. The van der Waals surface area contributed by atoms with Crippen LogP contribution in [0.2, 0.25) is 0 Å². The normalized spacial score (nSPS) is 19.0. The number of aryl methyl sites for hydroxylation is 1. The maximum atomic E-state index is 13.6. The molecule has 1 N–H and O–H groups in total. The van der Waals surface area contributed by atoms with E-state index in [1.165, 1.54) is 0 Å². The topological polar surface area (TPSA) is 82.9 Å². The van der Waals surface area contributed by atoms with Gasteiger partial charge in [-0.25, -0.2) is 8.42 Å². The summed E-state index contributed by atoms with van der Waals surface area (Å²) >= 11 is 0. The molecule has 2 aromatic rings. The molecule has 2 fully saturated rings. The van der Waals surface area contributed by atoms with Crippen LogP contribution in [0.5, 0.6) is 0 Å². The third-order valence-electron chi connectivity index (χ3n) is 6.39. The molecule has 7 nitrogen and oxygen atoms in total. The van der Waals surface area contributed by atoms with Crippen LogP contribution >= 0.6 is 0 Å². The van der Waals surface area contributed by atoms with Crippen LogP contribution in [-0.4, -0.2) is 44.8 Å². The number of nitrogens with zero attached hydrogens (tertiary/aromatic N) is 2. The minimum absolute atomic E-state index is 0.246. The van der Waals surface area contributed by atoms with Crippen LogP contribution in [0.1, 0.15) is 73.4 Å². The highest BCUT2D eigenvalue weighted by atomic mass is 32.2. The molecule has 4 rings (SSSR count). The molecule has 1 amide bonds. The molecule has 0 radical (unpaired) electrons. The molecule has 1 unspecified atom stereocenters. The highest BCUT2D eigenvalue weighted by molar-refractivity contribution is 7.89. The van der Waals surface area contributed by atoms with E-state index in [1.807, 2.05) is 26.0 Å². The number of carbonyl (C=O) groups is 1. The molecule has 3 heterocycles. The Kier molecular flexibility index (Phi) is 6.90. The second-order valence-electron chi connectivity index (χ2n) is 8.84. The average molecular weight is 460 g/mol. The quantitative estimate of drug-likeness (QED) is 0.698. The van der Waals surface area contributed by atoms with Crippen LogP contribution < -0.4 is 10.2 Å². The van der Waals surface area contributed by atoms with Gasteiger partial charge in [-0.15, -0.1) is 0 Å². The molecule has 32 heavy (non-hydrogen) atoms. The molecular weight excluding hydrogens is 426 g/mol. The first kappa shape index (κ1) is 22.9. The molecule has 2 aliphatic rings. The number of carbonyl (C=O) groups excluding carboxylic acids is 1. The predicted molar refractivity (Wildman–Crippen MR) is 124 cm³/mol. The lowest BCUT2D eigenvalue weighted by molar-refractivity contribution is 0.0935. The number of sulfonamides is 1. The number of hydrogen-bond donors (Lipinski definition) is 1. The summed E-state index contributed by atoms with van der Waals surface area (Å²) in [6, 6.07) is 8.47. The van der Waals surface area contributed by atoms with Crippen molar-refractivity contribution in [3.63, 3.8) is 0 Å². The van der Waals surface area contributed by atoms with E-state index in [0.29, 0.717) is 30.1 Å². The lowest BCUT2D eigenvalue weighted by Gasteiger charge is -2.33. The Hall–Kier alpha value is -2.32. The fraction of sp³-hybridized carbons (Fsp3) is 0.542. The summed E-state index contributed by atoms with van der Waals surface area (Å²) in [5.41, 5.74) is 1.05. The molecule has 174 valence electrons. The van der Waals surface area contributed by atoms with Crippen molar-refractivity contribution in [3.05, 3.63) is 47.4 Å². The van der Waals surface area contributed by atoms with E-state index in [9.17, 15) is 13.2 Å². The van der Waals surface area contributed by atoms with Crippen LogP contribution in [0.4, 0.5) is 5.69 Å². The monoisotopic (exact) mass is 459 g/mol. The van der Waals surface area contributed by atoms with Gasteiger partial charge in [0.25, 0.3) is 5.91 Å². The molecule has 0 saturated carbocycles. The number of rotatable bonds is 6. The standard InChI is InChI=1S/C24H33N3O4S/c1-18-9-12-22(31-18)19(2)25-24(28)20-10-11-21(26-13-5-3-6-14-26)23(17-20)32(29,30)27-15-7-4-8-16-27/h9-12,17,19H,3-8,13-16H2,1-2H3,(H,25,28). The highest BCUT2D eigenvalue weighted by Crippen LogP contribution is 2.32. The highest BCUT2D eigenvalue weighted by Gasteiger charge is 2.31. The number of anilines is 1. The Labute approximate surface area is 190 Å². The molecule has 0 spiro atoms. The Bertz CT molecular complexity index is 1050. The van der Waals surface area contributed by atoms with Crippen molar-refractivity contribution in [2.24, 2.45) is 0 Å².